The highest BCUT2D eigenvalue weighted by molar-refractivity contribution is 5.52. The minimum atomic E-state index is 0.948. The minimum Gasteiger partial charge on any atom is -0.234 e. The summed E-state index contributed by atoms with van der Waals surface area (Å²) in [7, 11) is 0. The van der Waals surface area contributed by atoms with E-state index in [9.17, 15) is 4.79 Å². The van der Waals surface area contributed by atoms with Crippen LogP contribution in [0.1, 0.15) is 25.7 Å². The third-order valence-electron chi connectivity index (χ3n) is 1.44. The van der Waals surface area contributed by atoms with Gasteiger partial charge >= 0.3 is 0 Å². The van der Waals surface area contributed by atoms with Gasteiger partial charge in [-0.05, 0) is 32.1 Å². The highest BCUT2D eigenvalue weighted by atomic mass is 16.1. The molecule has 8 heavy (non-hydrogen) atoms. The molecule has 0 aromatic rings. The first-order valence-corrected chi connectivity index (χ1v) is 2.98. The van der Waals surface area contributed by atoms with Crippen molar-refractivity contribution in [2.24, 2.45) is 0 Å². The summed E-state index contributed by atoms with van der Waals surface area (Å²) in [5.74, 6) is 1.95. The van der Waals surface area contributed by atoms with Crippen molar-refractivity contribution in [2.45, 2.75) is 25.7 Å². The molecule has 1 fully saturated rings. The normalized spacial score (nSPS) is 20.2. The second-order valence-electron chi connectivity index (χ2n) is 2.07. The van der Waals surface area contributed by atoms with E-state index in [2.05, 4.69) is 6.42 Å². The smallest absolute Gasteiger partial charge is 0.123 e. The zero-order valence-corrected chi connectivity index (χ0v) is 4.81. The fourth-order valence-corrected chi connectivity index (χ4v) is 0.924. The van der Waals surface area contributed by atoms with Gasteiger partial charge in [-0.25, -0.2) is 4.79 Å². The van der Waals surface area contributed by atoms with Crippen molar-refractivity contribution in [1.29, 1.82) is 0 Å². The minimum absolute atomic E-state index is 0.948. The third kappa shape index (κ3) is 1.21. The van der Waals surface area contributed by atoms with E-state index in [1.165, 1.54) is 0 Å². The molecule has 0 bridgehead atoms. The van der Waals surface area contributed by atoms with Crippen LogP contribution >= 0.6 is 0 Å². The third-order valence-corrected chi connectivity index (χ3v) is 1.44. The van der Waals surface area contributed by atoms with Crippen molar-refractivity contribution < 1.29 is 4.79 Å². The number of rotatable bonds is 0. The zero-order valence-electron chi connectivity index (χ0n) is 4.81. The predicted octanol–water partition coefficient (Wildman–Crippen LogP) is 1.52. The largest absolute Gasteiger partial charge is 0.234 e. The molecule has 0 atom stereocenters. The van der Waals surface area contributed by atoms with Gasteiger partial charge in [-0.3, -0.25) is 0 Å². The van der Waals surface area contributed by atoms with E-state index in [1.807, 2.05) is 5.94 Å². The molecule has 0 unspecified atom stereocenters. The zero-order chi connectivity index (χ0) is 5.82. The summed E-state index contributed by atoms with van der Waals surface area (Å²) < 4.78 is 0. The lowest BCUT2D eigenvalue weighted by atomic mass is 9.96. The Hall–Kier alpha value is -0.550. The lowest BCUT2D eigenvalue weighted by Gasteiger charge is -2.07. The molecule has 1 radical (unpaired) electrons. The SMILES string of the molecule is O=C=C1CC[CH]CC1. The van der Waals surface area contributed by atoms with Gasteiger partial charge in [-0.2, -0.15) is 0 Å². The molecule has 0 N–H and O–H groups in total. The maximum absolute atomic E-state index is 9.98. The molecule has 1 rings (SSSR count). The summed E-state index contributed by atoms with van der Waals surface area (Å²) in [6.45, 7) is 0. The van der Waals surface area contributed by atoms with Crippen molar-refractivity contribution in [2.75, 3.05) is 0 Å². The van der Waals surface area contributed by atoms with Gasteiger partial charge in [0.1, 0.15) is 5.94 Å². The maximum Gasteiger partial charge on any atom is 0.123 e. The summed E-state index contributed by atoms with van der Waals surface area (Å²) in [5.41, 5.74) is 0.965. The van der Waals surface area contributed by atoms with E-state index in [0.29, 0.717) is 0 Å². The van der Waals surface area contributed by atoms with Crippen LogP contribution in [0.5, 0.6) is 0 Å². The van der Waals surface area contributed by atoms with Gasteiger partial charge in [0.2, 0.25) is 0 Å². The average molecular weight is 109 g/mol. The molecule has 1 nitrogen and oxygen atoms in total. The monoisotopic (exact) mass is 109 g/mol. The second-order valence-corrected chi connectivity index (χ2v) is 2.07. The van der Waals surface area contributed by atoms with Gasteiger partial charge in [-0.1, -0.05) is 0 Å². The highest BCUT2D eigenvalue weighted by Gasteiger charge is 2.04. The standard InChI is InChI=1S/C7H9O/c8-6-7-4-2-1-3-5-7/h1H,2-5H2. The van der Waals surface area contributed by atoms with Crippen molar-refractivity contribution in [1.82, 2.24) is 0 Å². The lowest BCUT2D eigenvalue weighted by Crippen LogP contribution is -1.93. The summed E-state index contributed by atoms with van der Waals surface area (Å²) in [6.07, 6.45) is 6.27. The number of allylic oxidation sites excluding steroid dienone is 1. The first kappa shape index (κ1) is 5.58. The lowest BCUT2D eigenvalue weighted by molar-refractivity contribution is 0.562. The van der Waals surface area contributed by atoms with E-state index in [-0.39, 0.29) is 0 Å². The molecule has 1 heteroatoms. The van der Waals surface area contributed by atoms with Crippen molar-refractivity contribution in [3.63, 3.8) is 0 Å². The van der Waals surface area contributed by atoms with Crippen LogP contribution in [-0.2, 0) is 4.79 Å². The molecule has 0 aliphatic heterocycles. The number of carbonyl (C=O) groups excluding carboxylic acids is 1. The fraction of sp³-hybridized carbons (Fsp3) is 0.571. The van der Waals surface area contributed by atoms with Crippen LogP contribution in [0.3, 0.4) is 0 Å². The Labute approximate surface area is 49.4 Å². The van der Waals surface area contributed by atoms with Gasteiger partial charge in [0.25, 0.3) is 0 Å². The van der Waals surface area contributed by atoms with E-state index in [0.717, 1.165) is 31.3 Å². The molecule has 0 aromatic heterocycles. The van der Waals surface area contributed by atoms with E-state index in [1.54, 1.807) is 0 Å². The van der Waals surface area contributed by atoms with Crippen LogP contribution < -0.4 is 0 Å². The molecule has 0 aromatic carbocycles. The molecule has 1 aliphatic rings. The van der Waals surface area contributed by atoms with Crippen molar-refractivity contribution in [3.8, 4) is 0 Å². The molecular formula is C7H9O. The maximum atomic E-state index is 9.98. The van der Waals surface area contributed by atoms with Crippen LogP contribution in [0.2, 0.25) is 0 Å². The van der Waals surface area contributed by atoms with Crippen LogP contribution in [0.25, 0.3) is 0 Å². The molecule has 0 amide bonds. The molecule has 1 aliphatic carbocycles. The number of hydrogen-bond donors (Lipinski definition) is 0. The Morgan fingerprint density at radius 1 is 1.38 bits per heavy atom. The van der Waals surface area contributed by atoms with Crippen LogP contribution in [0, 0.1) is 6.42 Å². The van der Waals surface area contributed by atoms with E-state index >= 15 is 0 Å². The van der Waals surface area contributed by atoms with Crippen LogP contribution in [-0.4, -0.2) is 5.94 Å². The first-order valence-electron chi connectivity index (χ1n) is 2.98. The van der Waals surface area contributed by atoms with Crippen molar-refractivity contribution >= 4 is 5.94 Å². The average Bonchev–Trinajstić information content (AvgIpc) is 1.90. The second kappa shape index (κ2) is 2.68. The summed E-state index contributed by atoms with van der Waals surface area (Å²) in [4.78, 5) is 9.98. The van der Waals surface area contributed by atoms with Gasteiger partial charge in [0.05, 0.1) is 0 Å². The Morgan fingerprint density at radius 3 is 2.38 bits per heavy atom. The summed E-state index contributed by atoms with van der Waals surface area (Å²) >= 11 is 0. The predicted molar refractivity (Wildman–Crippen MR) is 32.0 cm³/mol. The molecule has 0 spiro atoms. The molecular weight excluding hydrogens is 100 g/mol. The Morgan fingerprint density at radius 2 is 2.00 bits per heavy atom. The number of hydrogen-bond acceptors (Lipinski definition) is 1. The van der Waals surface area contributed by atoms with Gasteiger partial charge in [-0.15, -0.1) is 0 Å². The summed E-state index contributed by atoms with van der Waals surface area (Å²) in [6, 6.07) is 0. The topological polar surface area (TPSA) is 17.1 Å². The Kier molecular flexibility index (Phi) is 1.87. The van der Waals surface area contributed by atoms with E-state index < -0.39 is 0 Å². The van der Waals surface area contributed by atoms with Gasteiger partial charge < -0.3 is 0 Å². The van der Waals surface area contributed by atoms with E-state index in [4.69, 9.17) is 0 Å². The van der Waals surface area contributed by atoms with Crippen LogP contribution in [0.15, 0.2) is 5.57 Å². The molecule has 0 saturated heterocycles. The van der Waals surface area contributed by atoms with Gasteiger partial charge in [0.15, 0.2) is 0 Å². The molecule has 0 heterocycles. The molecule has 43 valence electrons. The first-order chi connectivity index (χ1) is 3.93. The summed E-state index contributed by atoms with van der Waals surface area (Å²) in [5, 5.41) is 0. The Balaban J connectivity index is 2.45. The Bertz CT molecular complexity index is 112. The van der Waals surface area contributed by atoms with Gasteiger partial charge in [0, 0.05) is 5.57 Å². The quantitative estimate of drug-likeness (QED) is 0.431. The fourth-order valence-electron chi connectivity index (χ4n) is 0.924. The highest BCUT2D eigenvalue weighted by Crippen LogP contribution is 2.18. The molecule has 1 saturated carbocycles. The van der Waals surface area contributed by atoms with Crippen molar-refractivity contribution in [3.05, 3.63) is 12.0 Å². The van der Waals surface area contributed by atoms with Crippen LogP contribution in [0.4, 0.5) is 0 Å².